The van der Waals surface area contributed by atoms with Gasteiger partial charge in [-0.15, -0.1) is 0 Å². The second-order valence-corrected chi connectivity index (χ2v) is 2.10. The quantitative estimate of drug-likeness (QED) is 0.685. The van der Waals surface area contributed by atoms with Crippen LogP contribution < -0.4 is 5.32 Å². The molecule has 1 radical (unpaired) electrons. The molecule has 0 unspecified atom stereocenters. The summed E-state index contributed by atoms with van der Waals surface area (Å²) in [7, 11) is 1.70. The average molecular weight is 190 g/mol. The van der Waals surface area contributed by atoms with Crippen LogP contribution in [0.15, 0.2) is 24.3 Å². The number of aromatic carboxylic acids is 1. The van der Waals surface area contributed by atoms with Crippen molar-refractivity contribution in [2.75, 3.05) is 12.4 Å². The van der Waals surface area contributed by atoms with Crippen LogP contribution in [0.5, 0.6) is 0 Å². The van der Waals surface area contributed by atoms with E-state index in [0.717, 1.165) is 0 Å². The molecule has 1 aromatic carbocycles. The Balaban J connectivity index is 0.00000121. The van der Waals surface area contributed by atoms with Crippen LogP contribution in [0.25, 0.3) is 0 Å². The first-order valence-electron chi connectivity index (χ1n) is 3.26. The van der Waals surface area contributed by atoms with E-state index in [1.165, 1.54) is 0 Å². The molecule has 0 aliphatic carbocycles. The van der Waals surface area contributed by atoms with E-state index in [-0.39, 0.29) is 51.4 Å². The van der Waals surface area contributed by atoms with E-state index in [9.17, 15) is 4.79 Å². The molecule has 1 aromatic rings. The molecule has 59 valence electrons. The SMILES string of the molecule is CNc1ccccc1C(=O)O.[K]. The molecule has 0 aliphatic heterocycles. The van der Waals surface area contributed by atoms with E-state index >= 15 is 0 Å². The predicted molar refractivity (Wildman–Crippen MR) is 48.7 cm³/mol. The van der Waals surface area contributed by atoms with Crippen LogP contribution in [0.2, 0.25) is 0 Å². The van der Waals surface area contributed by atoms with Gasteiger partial charge in [0.05, 0.1) is 5.56 Å². The monoisotopic (exact) mass is 190 g/mol. The molecule has 0 saturated heterocycles. The summed E-state index contributed by atoms with van der Waals surface area (Å²) < 4.78 is 0. The van der Waals surface area contributed by atoms with Gasteiger partial charge in [0.25, 0.3) is 0 Å². The van der Waals surface area contributed by atoms with Crippen molar-refractivity contribution in [1.82, 2.24) is 0 Å². The first kappa shape index (κ1) is 12.1. The maximum atomic E-state index is 10.5. The number of carboxylic acids is 1. The standard InChI is InChI=1S/C8H9NO2.K/c1-9-7-5-3-2-4-6(7)8(10)11;/h2-5,9H,1H3,(H,10,11);. The molecule has 12 heavy (non-hydrogen) atoms. The van der Waals surface area contributed by atoms with Gasteiger partial charge in [-0.05, 0) is 12.1 Å². The van der Waals surface area contributed by atoms with Gasteiger partial charge in [-0.2, -0.15) is 0 Å². The first-order valence-corrected chi connectivity index (χ1v) is 3.26. The summed E-state index contributed by atoms with van der Waals surface area (Å²) in [5.41, 5.74) is 0.940. The van der Waals surface area contributed by atoms with Gasteiger partial charge >= 0.3 is 5.97 Å². The van der Waals surface area contributed by atoms with Crippen molar-refractivity contribution < 1.29 is 9.90 Å². The minimum absolute atomic E-state index is 0. The van der Waals surface area contributed by atoms with Gasteiger partial charge in [0.1, 0.15) is 0 Å². The Kier molecular flexibility index (Phi) is 5.78. The van der Waals surface area contributed by atoms with Gasteiger partial charge in [-0.25, -0.2) is 4.79 Å². The number of carboxylic acid groups (broad SMARTS) is 1. The average Bonchev–Trinajstić information content (AvgIpc) is 2.04. The largest absolute Gasteiger partial charge is 0.478 e. The van der Waals surface area contributed by atoms with Gasteiger partial charge in [0.15, 0.2) is 0 Å². The molecule has 3 nitrogen and oxygen atoms in total. The summed E-state index contributed by atoms with van der Waals surface area (Å²) in [6, 6.07) is 6.78. The molecule has 4 heteroatoms. The van der Waals surface area contributed by atoms with Crippen LogP contribution in [0.3, 0.4) is 0 Å². The van der Waals surface area contributed by atoms with Crippen LogP contribution in [0, 0.1) is 0 Å². The van der Waals surface area contributed by atoms with E-state index in [1.807, 2.05) is 0 Å². The smallest absolute Gasteiger partial charge is 0.337 e. The van der Waals surface area contributed by atoms with Crippen LogP contribution >= 0.6 is 0 Å². The minimum Gasteiger partial charge on any atom is -0.478 e. The number of carbonyl (C=O) groups is 1. The normalized spacial score (nSPS) is 8.42. The molecule has 0 atom stereocenters. The molecule has 0 fully saturated rings. The van der Waals surface area contributed by atoms with Gasteiger partial charge < -0.3 is 10.4 Å². The second kappa shape index (κ2) is 5.72. The first-order chi connectivity index (χ1) is 5.25. The molecule has 0 aliphatic rings. The number of anilines is 1. The van der Waals surface area contributed by atoms with Crippen molar-refractivity contribution in [2.45, 2.75) is 0 Å². The number of nitrogens with one attached hydrogen (secondary N) is 1. The Bertz CT molecular complexity index is 276. The zero-order chi connectivity index (χ0) is 8.27. The van der Waals surface area contributed by atoms with Crippen molar-refractivity contribution in [3.05, 3.63) is 29.8 Å². The third-order valence-corrected chi connectivity index (χ3v) is 1.43. The number of hydrogen-bond acceptors (Lipinski definition) is 2. The second-order valence-electron chi connectivity index (χ2n) is 2.10. The summed E-state index contributed by atoms with van der Waals surface area (Å²) in [6.07, 6.45) is 0. The third-order valence-electron chi connectivity index (χ3n) is 1.43. The van der Waals surface area contributed by atoms with E-state index < -0.39 is 5.97 Å². The summed E-state index contributed by atoms with van der Waals surface area (Å²) >= 11 is 0. The Morgan fingerprint density at radius 3 is 2.42 bits per heavy atom. The molecule has 0 aromatic heterocycles. The molecule has 0 bridgehead atoms. The molecule has 1 rings (SSSR count). The fourth-order valence-electron chi connectivity index (χ4n) is 0.888. The molecule has 0 saturated carbocycles. The Morgan fingerprint density at radius 2 is 2.00 bits per heavy atom. The molecular formula is C8H9KNO2. The van der Waals surface area contributed by atoms with E-state index in [2.05, 4.69) is 5.32 Å². The summed E-state index contributed by atoms with van der Waals surface area (Å²) in [5.74, 6) is -0.907. The van der Waals surface area contributed by atoms with Crippen molar-refractivity contribution >= 4 is 63.0 Å². The zero-order valence-corrected chi connectivity index (χ0v) is 10.3. The van der Waals surface area contributed by atoms with Crippen LogP contribution in [-0.2, 0) is 0 Å². The van der Waals surface area contributed by atoms with Crippen molar-refractivity contribution in [1.29, 1.82) is 0 Å². The van der Waals surface area contributed by atoms with Crippen molar-refractivity contribution in [2.24, 2.45) is 0 Å². The summed E-state index contributed by atoms with van der Waals surface area (Å²) in [4.78, 5) is 10.5. The van der Waals surface area contributed by atoms with Gasteiger partial charge in [0, 0.05) is 64.1 Å². The summed E-state index contributed by atoms with van der Waals surface area (Å²) in [5, 5.41) is 11.5. The molecular weight excluding hydrogens is 181 g/mol. The zero-order valence-electron chi connectivity index (χ0n) is 7.16. The topological polar surface area (TPSA) is 49.3 Å². The fourth-order valence-corrected chi connectivity index (χ4v) is 0.888. The van der Waals surface area contributed by atoms with E-state index in [0.29, 0.717) is 11.3 Å². The van der Waals surface area contributed by atoms with E-state index in [1.54, 1.807) is 31.3 Å². The Morgan fingerprint density at radius 1 is 1.42 bits per heavy atom. The maximum Gasteiger partial charge on any atom is 0.337 e. The Hall–Kier alpha value is 0.126. The molecule has 0 amide bonds. The van der Waals surface area contributed by atoms with Gasteiger partial charge in [-0.3, -0.25) is 0 Å². The van der Waals surface area contributed by atoms with E-state index in [4.69, 9.17) is 5.11 Å². The number of rotatable bonds is 2. The van der Waals surface area contributed by atoms with Crippen molar-refractivity contribution in [3.8, 4) is 0 Å². The Labute approximate surface area is 114 Å². The maximum absolute atomic E-state index is 10.5. The van der Waals surface area contributed by atoms with Crippen LogP contribution in [-0.4, -0.2) is 69.5 Å². The number of hydrogen-bond donors (Lipinski definition) is 2. The summed E-state index contributed by atoms with van der Waals surface area (Å²) in [6.45, 7) is 0. The van der Waals surface area contributed by atoms with Gasteiger partial charge in [0.2, 0.25) is 0 Å². The van der Waals surface area contributed by atoms with Crippen LogP contribution in [0.1, 0.15) is 10.4 Å². The third kappa shape index (κ3) is 2.88. The molecule has 2 N–H and O–H groups in total. The van der Waals surface area contributed by atoms with Gasteiger partial charge in [-0.1, -0.05) is 12.1 Å². The van der Waals surface area contributed by atoms with Crippen LogP contribution in [0.4, 0.5) is 5.69 Å². The number of para-hydroxylation sites is 1. The molecule has 0 heterocycles. The predicted octanol–water partition coefficient (Wildman–Crippen LogP) is 1.05. The minimum atomic E-state index is -0.907. The number of benzene rings is 1. The molecule has 0 spiro atoms. The van der Waals surface area contributed by atoms with Crippen molar-refractivity contribution in [3.63, 3.8) is 0 Å². The fraction of sp³-hybridized carbons (Fsp3) is 0.125.